The van der Waals surface area contributed by atoms with Crippen LogP contribution in [-0.4, -0.2) is 57.7 Å². The second-order valence-corrected chi connectivity index (χ2v) is 7.66. The Morgan fingerprint density at radius 2 is 1.63 bits per heavy atom. The van der Waals surface area contributed by atoms with Crippen molar-refractivity contribution in [3.8, 4) is 22.5 Å². The first-order valence-electron chi connectivity index (χ1n) is 10.2. The lowest BCUT2D eigenvalue weighted by atomic mass is 10.1. The topological polar surface area (TPSA) is 49.6 Å². The number of pyridine rings is 1. The molecular weight excluding hydrogens is 379 g/mol. The van der Waals surface area contributed by atoms with Crippen molar-refractivity contribution in [3.05, 3.63) is 66.7 Å². The molecule has 4 aromatic rings. The van der Waals surface area contributed by atoms with Crippen molar-refractivity contribution < 1.29 is 4.39 Å². The zero-order valence-electron chi connectivity index (χ0n) is 16.9. The van der Waals surface area contributed by atoms with Gasteiger partial charge in [0.2, 0.25) is 0 Å². The third-order valence-electron chi connectivity index (χ3n) is 5.58. The molecule has 0 radical (unpaired) electrons. The van der Waals surface area contributed by atoms with Crippen molar-refractivity contribution in [1.82, 2.24) is 24.5 Å². The molecule has 0 amide bonds. The molecule has 1 aliphatic rings. The van der Waals surface area contributed by atoms with Crippen LogP contribution < -0.4 is 4.90 Å². The second-order valence-electron chi connectivity index (χ2n) is 7.66. The molecule has 1 aliphatic heterocycles. The predicted octanol–water partition coefficient (Wildman–Crippen LogP) is 3.74. The quantitative estimate of drug-likeness (QED) is 0.523. The number of hydrogen-bond acceptors (Lipinski definition) is 5. The van der Waals surface area contributed by atoms with E-state index in [0.29, 0.717) is 0 Å². The maximum atomic E-state index is 13.5. The molecule has 0 saturated carbocycles. The summed E-state index contributed by atoms with van der Waals surface area (Å²) < 4.78 is 15.4. The Kier molecular flexibility index (Phi) is 4.88. The first kappa shape index (κ1) is 18.7. The Bertz CT molecular complexity index is 1160. The zero-order chi connectivity index (χ0) is 20.5. The minimum atomic E-state index is -0.264. The number of anilines is 1. The van der Waals surface area contributed by atoms with E-state index in [1.54, 1.807) is 24.5 Å². The van der Waals surface area contributed by atoms with E-state index in [2.05, 4.69) is 21.8 Å². The van der Waals surface area contributed by atoms with Crippen molar-refractivity contribution in [2.75, 3.05) is 38.1 Å². The van der Waals surface area contributed by atoms with Crippen LogP contribution in [-0.2, 0) is 0 Å². The average molecular weight is 402 g/mol. The molecule has 5 rings (SSSR count). The Labute approximate surface area is 174 Å². The van der Waals surface area contributed by atoms with Crippen LogP contribution in [0.15, 0.2) is 60.9 Å². The third-order valence-corrected chi connectivity index (χ3v) is 5.58. The molecule has 0 N–H and O–H groups in total. The first-order valence-corrected chi connectivity index (χ1v) is 10.2. The highest BCUT2D eigenvalue weighted by Gasteiger charge is 2.20. The molecule has 0 spiro atoms. The van der Waals surface area contributed by atoms with Gasteiger partial charge in [-0.05, 0) is 68.5 Å². The number of hydrogen-bond donors (Lipinski definition) is 0. The van der Waals surface area contributed by atoms with Gasteiger partial charge in [0, 0.05) is 43.2 Å². The van der Waals surface area contributed by atoms with E-state index >= 15 is 0 Å². The van der Waals surface area contributed by atoms with Crippen LogP contribution in [0.2, 0.25) is 0 Å². The standard InChI is InChI=1S/C23H23FN6/c1-28-13-2-14-29(16-15-28)21-8-7-20-26-22(17-3-5-19(24)6-4-17)23(30(20)27-21)18-9-11-25-12-10-18/h3-12H,2,13-16H2,1H3. The SMILES string of the molecule is CN1CCCN(c2ccc3nc(-c4ccc(F)cc4)c(-c4ccncc4)n3n2)CC1. The lowest BCUT2D eigenvalue weighted by Crippen LogP contribution is -2.29. The molecule has 7 heteroatoms. The molecule has 0 atom stereocenters. The summed E-state index contributed by atoms with van der Waals surface area (Å²) in [6.07, 6.45) is 4.63. The minimum absolute atomic E-state index is 0.264. The minimum Gasteiger partial charge on any atom is -0.354 e. The normalized spacial score (nSPS) is 15.5. The number of aromatic nitrogens is 4. The van der Waals surface area contributed by atoms with Gasteiger partial charge in [-0.1, -0.05) is 0 Å². The second kappa shape index (κ2) is 7.84. The summed E-state index contributed by atoms with van der Waals surface area (Å²) in [6.45, 7) is 4.04. The fraction of sp³-hybridized carbons (Fsp3) is 0.261. The average Bonchev–Trinajstić information content (AvgIpc) is 3.02. The van der Waals surface area contributed by atoms with E-state index in [-0.39, 0.29) is 5.82 Å². The van der Waals surface area contributed by atoms with Gasteiger partial charge in [0.1, 0.15) is 17.3 Å². The van der Waals surface area contributed by atoms with E-state index in [1.165, 1.54) is 12.1 Å². The summed E-state index contributed by atoms with van der Waals surface area (Å²) in [5.74, 6) is 0.677. The highest BCUT2D eigenvalue weighted by Crippen LogP contribution is 2.32. The van der Waals surface area contributed by atoms with Crippen LogP contribution >= 0.6 is 0 Å². The highest BCUT2D eigenvalue weighted by molar-refractivity contribution is 5.81. The van der Waals surface area contributed by atoms with E-state index in [9.17, 15) is 4.39 Å². The molecule has 30 heavy (non-hydrogen) atoms. The van der Waals surface area contributed by atoms with Gasteiger partial charge in [-0.3, -0.25) is 4.98 Å². The first-order chi connectivity index (χ1) is 14.7. The Balaban J connectivity index is 1.66. The van der Waals surface area contributed by atoms with Gasteiger partial charge in [0.15, 0.2) is 5.65 Å². The number of fused-ring (bicyclic) bond motifs is 1. The van der Waals surface area contributed by atoms with Crippen LogP contribution in [0, 0.1) is 5.82 Å². The molecule has 1 aromatic carbocycles. The summed E-state index contributed by atoms with van der Waals surface area (Å²) in [5.41, 5.74) is 4.25. The summed E-state index contributed by atoms with van der Waals surface area (Å²) >= 11 is 0. The van der Waals surface area contributed by atoms with E-state index in [4.69, 9.17) is 10.1 Å². The number of halogens is 1. The largest absolute Gasteiger partial charge is 0.354 e. The van der Waals surface area contributed by atoms with Crippen molar-refractivity contribution >= 4 is 11.5 Å². The molecule has 0 bridgehead atoms. The molecule has 1 fully saturated rings. The van der Waals surface area contributed by atoms with Gasteiger partial charge in [-0.2, -0.15) is 0 Å². The molecule has 1 saturated heterocycles. The number of imidazole rings is 1. The van der Waals surface area contributed by atoms with Crippen LogP contribution in [0.25, 0.3) is 28.2 Å². The lowest BCUT2D eigenvalue weighted by molar-refractivity contribution is 0.360. The van der Waals surface area contributed by atoms with Crippen LogP contribution in [0.4, 0.5) is 10.2 Å². The summed E-state index contributed by atoms with van der Waals surface area (Å²) in [5, 5.41) is 4.97. The van der Waals surface area contributed by atoms with Crippen LogP contribution in [0.5, 0.6) is 0 Å². The van der Waals surface area contributed by atoms with E-state index in [0.717, 1.165) is 66.6 Å². The molecule has 0 aliphatic carbocycles. The predicted molar refractivity (Wildman–Crippen MR) is 116 cm³/mol. The number of rotatable bonds is 3. The van der Waals surface area contributed by atoms with Gasteiger partial charge in [0.05, 0.1) is 5.69 Å². The van der Waals surface area contributed by atoms with E-state index < -0.39 is 0 Å². The van der Waals surface area contributed by atoms with E-state index in [1.807, 2.05) is 28.8 Å². The van der Waals surface area contributed by atoms with Gasteiger partial charge in [-0.25, -0.2) is 13.9 Å². The summed E-state index contributed by atoms with van der Waals surface area (Å²) in [4.78, 5) is 13.7. The summed E-state index contributed by atoms with van der Waals surface area (Å²) in [7, 11) is 2.16. The Hall–Kier alpha value is -3.32. The maximum absolute atomic E-state index is 13.5. The fourth-order valence-electron chi connectivity index (χ4n) is 3.95. The van der Waals surface area contributed by atoms with Crippen LogP contribution in [0.1, 0.15) is 6.42 Å². The summed E-state index contributed by atoms with van der Waals surface area (Å²) in [6, 6.07) is 14.4. The lowest BCUT2D eigenvalue weighted by Gasteiger charge is -2.21. The van der Waals surface area contributed by atoms with Gasteiger partial charge < -0.3 is 9.80 Å². The maximum Gasteiger partial charge on any atom is 0.155 e. The molecule has 3 aromatic heterocycles. The zero-order valence-corrected chi connectivity index (χ0v) is 16.9. The van der Waals surface area contributed by atoms with Gasteiger partial charge in [0.25, 0.3) is 0 Å². The number of benzene rings is 1. The van der Waals surface area contributed by atoms with Crippen LogP contribution in [0.3, 0.4) is 0 Å². The molecule has 6 nitrogen and oxygen atoms in total. The van der Waals surface area contributed by atoms with Crippen molar-refractivity contribution in [2.24, 2.45) is 0 Å². The molecule has 152 valence electrons. The van der Waals surface area contributed by atoms with Crippen molar-refractivity contribution in [3.63, 3.8) is 0 Å². The fourth-order valence-corrected chi connectivity index (χ4v) is 3.95. The Morgan fingerprint density at radius 3 is 2.43 bits per heavy atom. The van der Waals surface area contributed by atoms with Crippen molar-refractivity contribution in [1.29, 1.82) is 0 Å². The number of likely N-dealkylation sites (N-methyl/N-ethyl adjacent to an activating group) is 1. The number of nitrogens with zero attached hydrogens (tertiary/aromatic N) is 6. The third kappa shape index (κ3) is 3.52. The smallest absolute Gasteiger partial charge is 0.155 e. The highest BCUT2D eigenvalue weighted by atomic mass is 19.1. The molecular formula is C23H23FN6. The van der Waals surface area contributed by atoms with Gasteiger partial charge >= 0.3 is 0 Å². The molecule has 4 heterocycles. The monoisotopic (exact) mass is 402 g/mol. The Morgan fingerprint density at radius 1 is 0.833 bits per heavy atom. The van der Waals surface area contributed by atoms with Crippen molar-refractivity contribution in [2.45, 2.75) is 6.42 Å². The molecule has 0 unspecified atom stereocenters. The van der Waals surface area contributed by atoms with Gasteiger partial charge in [-0.15, -0.1) is 5.10 Å².